The van der Waals surface area contributed by atoms with Crippen LogP contribution in [0.25, 0.3) is 0 Å². The molecule has 0 bridgehead atoms. The van der Waals surface area contributed by atoms with Gasteiger partial charge in [-0.3, -0.25) is 4.79 Å². The lowest BCUT2D eigenvalue weighted by Crippen LogP contribution is -2.66. The Hall–Kier alpha value is -3.47. The van der Waals surface area contributed by atoms with Crippen LogP contribution in [0.2, 0.25) is 0 Å². The molecule has 1 aliphatic carbocycles. The largest absolute Gasteiger partial charge is 0.497 e. The molecular weight excluding hydrogens is 516 g/mol. The molecule has 40 heavy (non-hydrogen) atoms. The van der Waals surface area contributed by atoms with Gasteiger partial charge in [-0.2, -0.15) is 0 Å². The van der Waals surface area contributed by atoms with E-state index >= 15 is 0 Å². The molecule has 0 amide bonds. The fourth-order valence-corrected chi connectivity index (χ4v) is 4.65. The zero-order valence-electron chi connectivity index (χ0n) is 22.8. The highest BCUT2D eigenvalue weighted by Crippen LogP contribution is 2.32. The van der Waals surface area contributed by atoms with E-state index in [-0.39, 0.29) is 19.8 Å². The van der Waals surface area contributed by atoms with Crippen molar-refractivity contribution in [2.24, 2.45) is 0 Å². The number of aliphatic hydroxyl groups is 2. The maximum absolute atomic E-state index is 11.9. The van der Waals surface area contributed by atoms with E-state index in [9.17, 15) is 15.0 Å². The minimum absolute atomic E-state index is 0.127. The van der Waals surface area contributed by atoms with Crippen LogP contribution in [0.1, 0.15) is 23.6 Å². The average molecular weight is 553 g/mol. The van der Waals surface area contributed by atoms with Crippen molar-refractivity contribution in [2.75, 3.05) is 14.2 Å². The van der Waals surface area contributed by atoms with E-state index in [0.29, 0.717) is 11.5 Å². The fraction of sp³-hybridized carbons (Fsp3) is 0.387. The fourth-order valence-electron chi connectivity index (χ4n) is 4.65. The highest BCUT2D eigenvalue weighted by molar-refractivity contribution is 5.66. The van der Waals surface area contributed by atoms with Crippen molar-refractivity contribution in [3.8, 4) is 11.5 Å². The zero-order chi connectivity index (χ0) is 28.5. The Bertz CT molecular complexity index is 1180. The second-order valence-electron chi connectivity index (χ2n) is 9.56. The van der Waals surface area contributed by atoms with E-state index in [0.717, 1.165) is 16.7 Å². The highest BCUT2D eigenvalue weighted by Gasteiger charge is 2.53. The first-order chi connectivity index (χ1) is 19.4. The minimum atomic E-state index is -1.38. The molecule has 0 saturated heterocycles. The predicted molar refractivity (Wildman–Crippen MR) is 146 cm³/mol. The molecule has 0 radical (unpaired) electrons. The number of carbonyl (C=O) groups is 1. The molecular formula is C31H36O9. The van der Waals surface area contributed by atoms with Crippen molar-refractivity contribution in [3.05, 3.63) is 95.6 Å². The van der Waals surface area contributed by atoms with Gasteiger partial charge in [-0.05, 0) is 41.0 Å². The Balaban J connectivity index is 1.60. The first-order valence-electron chi connectivity index (χ1n) is 13.1. The molecule has 0 aliphatic heterocycles. The topological polar surface area (TPSA) is 113 Å². The number of rotatable bonds is 12. The molecule has 4 rings (SSSR count). The van der Waals surface area contributed by atoms with Crippen LogP contribution < -0.4 is 9.47 Å². The lowest BCUT2D eigenvalue weighted by molar-refractivity contribution is -0.267. The first kappa shape index (κ1) is 29.5. The molecule has 1 saturated carbocycles. The molecule has 3 aromatic rings. The Morgan fingerprint density at radius 3 is 1.40 bits per heavy atom. The second-order valence-corrected chi connectivity index (χ2v) is 9.56. The van der Waals surface area contributed by atoms with Crippen molar-refractivity contribution >= 4 is 5.97 Å². The molecule has 6 atom stereocenters. The summed E-state index contributed by atoms with van der Waals surface area (Å²) < 4.78 is 34.5. The van der Waals surface area contributed by atoms with Crippen LogP contribution in [0.5, 0.6) is 11.5 Å². The van der Waals surface area contributed by atoms with Gasteiger partial charge in [0.2, 0.25) is 0 Å². The monoisotopic (exact) mass is 552 g/mol. The summed E-state index contributed by atoms with van der Waals surface area (Å²) in [5, 5.41) is 22.6. The summed E-state index contributed by atoms with van der Waals surface area (Å²) in [6.45, 7) is 1.67. The molecule has 1 fully saturated rings. The van der Waals surface area contributed by atoms with Crippen LogP contribution in [-0.4, -0.2) is 67.0 Å². The van der Waals surface area contributed by atoms with Crippen molar-refractivity contribution in [3.63, 3.8) is 0 Å². The molecule has 3 aromatic carbocycles. The number of hydrogen-bond acceptors (Lipinski definition) is 9. The Morgan fingerprint density at radius 1 is 0.600 bits per heavy atom. The van der Waals surface area contributed by atoms with Crippen LogP contribution in [0.15, 0.2) is 78.9 Å². The smallest absolute Gasteiger partial charge is 0.303 e. The van der Waals surface area contributed by atoms with Crippen molar-refractivity contribution in [1.82, 2.24) is 0 Å². The normalized spacial score (nSPS) is 24.3. The van der Waals surface area contributed by atoms with Gasteiger partial charge >= 0.3 is 5.97 Å². The molecule has 214 valence electrons. The summed E-state index contributed by atoms with van der Waals surface area (Å²) in [6, 6.07) is 24.2. The lowest BCUT2D eigenvalue weighted by Gasteiger charge is -2.46. The zero-order valence-corrected chi connectivity index (χ0v) is 22.8. The van der Waals surface area contributed by atoms with E-state index in [4.69, 9.17) is 28.4 Å². The standard InChI is InChI=1S/C31H36O9/c1-20(32)40-28-26(33)29(37-17-21-7-5-4-6-8-21)31(39-19-23-11-15-25(36-3)16-12-23)30(27(28)34)38-18-22-9-13-24(35-2)14-10-22/h4-16,26-31,33-34H,17-19H2,1-3H3/t26-,27-,28+,29-,30+,31+/m0/s1. The number of aliphatic hydroxyl groups excluding tert-OH is 2. The van der Waals surface area contributed by atoms with E-state index < -0.39 is 42.6 Å². The van der Waals surface area contributed by atoms with Gasteiger partial charge in [-0.25, -0.2) is 0 Å². The molecule has 0 heterocycles. The van der Waals surface area contributed by atoms with Crippen LogP contribution >= 0.6 is 0 Å². The highest BCUT2D eigenvalue weighted by atomic mass is 16.6. The van der Waals surface area contributed by atoms with Crippen LogP contribution in [-0.2, 0) is 43.6 Å². The Labute approximate surface area is 234 Å². The van der Waals surface area contributed by atoms with Gasteiger partial charge in [0.25, 0.3) is 0 Å². The van der Waals surface area contributed by atoms with Gasteiger partial charge in [0.05, 0.1) is 34.0 Å². The first-order valence-corrected chi connectivity index (χ1v) is 13.1. The summed E-state index contributed by atoms with van der Waals surface area (Å²) in [4.78, 5) is 11.9. The third-order valence-electron chi connectivity index (χ3n) is 6.78. The second kappa shape index (κ2) is 14.2. The van der Waals surface area contributed by atoms with Gasteiger partial charge in [-0.1, -0.05) is 54.6 Å². The van der Waals surface area contributed by atoms with E-state index in [1.54, 1.807) is 14.2 Å². The summed E-state index contributed by atoms with van der Waals surface area (Å²) in [5.41, 5.74) is 2.57. The van der Waals surface area contributed by atoms with Gasteiger partial charge in [0, 0.05) is 6.92 Å². The number of hydrogen-bond donors (Lipinski definition) is 2. The minimum Gasteiger partial charge on any atom is -0.497 e. The van der Waals surface area contributed by atoms with Gasteiger partial charge < -0.3 is 38.6 Å². The number of ether oxygens (including phenoxy) is 6. The summed E-state index contributed by atoms with van der Waals surface area (Å²) >= 11 is 0. The predicted octanol–water partition coefficient (Wildman–Crippen LogP) is 3.43. The lowest BCUT2D eigenvalue weighted by atomic mass is 9.84. The van der Waals surface area contributed by atoms with Gasteiger partial charge in [0.15, 0.2) is 6.10 Å². The van der Waals surface area contributed by atoms with Crippen LogP contribution in [0.3, 0.4) is 0 Å². The molecule has 1 aliphatic rings. The third kappa shape index (κ3) is 7.59. The SMILES string of the molecule is COc1ccc(CO[C@H]2[C@H](OCc3ccc(OC)cc3)[C@@H](O)[C@H](OC(C)=O)[C@H](O)[C@@H]2OCc2ccccc2)cc1. The summed E-state index contributed by atoms with van der Waals surface area (Å²) in [6.07, 6.45) is -6.90. The number of esters is 1. The number of benzene rings is 3. The molecule has 9 nitrogen and oxygen atoms in total. The molecule has 0 aromatic heterocycles. The maximum atomic E-state index is 11.9. The maximum Gasteiger partial charge on any atom is 0.303 e. The van der Waals surface area contributed by atoms with E-state index in [1.165, 1.54) is 6.92 Å². The van der Waals surface area contributed by atoms with Gasteiger partial charge in [-0.15, -0.1) is 0 Å². The quantitative estimate of drug-likeness (QED) is 0.326. The van der Waals surface area contributed by atoms with Crippen molar-refractivity contribution in [1.29, 1.82) is 0 Å². The summed E-state index contributed by atoms with van der Waals surface area (Å²) in [5.74, 6) is 0.771. The molecule has 0 spiro atoms. The molecule has 9 heteroatoms. The average Bonchev–Trinajstić information content (AvgIpc) is 2.98. The Morgan fingerprint density at radius 2 is 1.00 bits per heavy atom. The van der Waals surface area contributed by atoms with Crippen LogP contribution in [0.4, 0.5) is 0 Å². The van der Waals surface area contributed by atoms with Crippen LogP contribution in [0, 0.1) is 0 Å². The summed E-state index contributed by atoms with van der Waals surface area (Å²) in [7, 11) is 3.18. The van der Waals surface area contributed by atoms with E-state index in [2.05, 4.69) is 0 Å². The van der Waals surface area contributed by atoms with Crippen molar-refractivity contribution < 1.29 is 43.4 Å². The molecule has 0 unspecified atom stereocenters. The van der Waals surface area contributed by atoms with Gasteiger partial charge in [0.1, 0.15) is 42.0 Å². The number of carbonyl (C=O) groups excluding carboxylic acids is 1. The number of methoxy groups -OCH3 is 2. The molecule has 2 N–H and O–H groups in total. The Kier molecular flexibility index (Phi) is 10.5. The third-order valence-corrected chi connectivity index (χ3v) is 6.78. The van der Waals surface area contributed by atoms with E-state index in [1.807, 2.05) is 78.9 Å². The van der Waals surface area contributed by atoms with Crippen molar-refractivity contribution in [2.45, 2.75) is 63.4 Å².